The third-order valence-electron chi connectivity index (χ3n) is 3.45. The van der Waals surface area contributed by atoms with Crippen LogP contribution in [0.3, 0.4) is 0 Å². The zero-order valence-electron chi connectivity index (χ0n) is 13.0. The molecule has 3 aromatic rings. The van der Waals surface area contributed by atoms with E-state index in [1.54, 1.807) is 12.1 Å². The van der Waals surface area contributed by atoms with Crippen molar-refractivity contribution in [3.8, 4) is 17.1 Å². The molecule has 0 radical (unpaired) electrons. The molecule has 0 bridgehead atoms. The molecule has 1 heterocycles. The van der Waals surface area contributed by atoms with Gasteiger partial charge in [-0.3, -0.25) is 10.1 Å². The molecular formula is C17H15N3O4. The van der Waals surface area contributed by atoms with E-state index in [2.05, 4.69) is 10.1 Å². The summed E-state index contributed by atoms with van der Waals surface area (Å²) in [5.74, 6) is 1.46. The first-order valence-corrected chi connectivity index (χ1v) is 7.47. The number of hydrogen-bond donors (Lipinski definition) is 0. The Bertz CT molecular complexity index is 815. The average Bonchev–Trinajstić information content (AvgIpc) is 3.10. The molecule has 7 heteroatoms. The molecule has 3 rings (SSSR count). The van der Waals surface area contributed by atoms with Crippen LogP contribution in [-0.2, 0) is 0 Å². The second kappa shape index (κ2) is 6.91. The van der Waals surface area contributed by atoms with Crippen molar-refractivity contribution in [2.24, 2.45) is 0 Å². The van der Waals surface area contributed by atoms with Crippen LogP contribution in [-0.4, -0.2) is 15.1 Å². The molecular weight excluding hydrogens is 310 g/mol. The molecule has 0 aliphatic heterocycles. The van der Waals surface area contributed by atoms with Gasteiger partial charge in [0, 0.05) is 17.7 Å². The number of nitrogens with zero attached hydrogens (tertiary/aromatic N) is 3. The molecule has 122 valence electrons. The van der Waals surface area contributed by atoms with Gasteiger partial charge < -0.3 is 9.26 Å². The Morgan fingerprint density at radius 3 is 2.50 bits per heavy atom. The first-order valence-electron chi connectivity index (χ1n) is 7.47. The summed E-state index contributed by atoms with van der Waals surface area (Å²) in [5, 5.41) is 14.6. The molecule has 0 aliphatic carbocycles. The predicted molar refractivity (Wildman–Crippen MR) is 86.5 cm³/mol. The number of ether oxygens (including phenoxy) is 1. The third-order valence-corrected chi connectivity index (χ3v) is 3.45. The van der Waals surface area contributed by atoms with Gasteiger partial charge in [0.05, 0.1) is 4.92 Å². The Hall–Kier alpha value is -3.22. The van der Waals surface area contributed by atoms with E-state index in [1.165, 1.54) is 12.1 Å². The number of para-hydroxylation sites is 1. The topological polar surface area (TPSA) is 91.3 Å². The van der Waals surface area contributed by atoms with Gasteiger partial charge in [0.1, 0.15) is 5.75 Å². The van der Waals surface area contributed by atoms with Crippen LogP contribution < -0.4 is 4.74 Å². The monoisotopic (exact) mass is 325 g/mol. The molecule has 0 saturated carbocycles. The van der Waals surface area contributed by atoms with Crippen molar-refractivity contribution in [1.82, 2.24) is 10.1 Å². The van der Waals surface area contributed by atoms with E-state index >= 15 is 0 Å². The Balaban J connectivity index is 1.79. The lowest BCUT2D eigenvalue weighted by molar-refractivity contribution is -0.384. The number of benzene rings is 2. The number of rotatable bonds is 6. The van der Waals surface area contributed by atoms with E-state index in [-0.39, 0.29) is 11.8 Å². The maximum absolute atomic E-state index is 10.7. The van der Waals surface area contributed by atoms with E-state index < -0.39 is 4.92 Å². The van der Waals surface area contributed by atoms with Gasteiger partial charge in [-0.25, -0.2) is 0 Å². The van der Waals surface area contributed by atoms with E-state index in [4.69, 9.17) is 9.26 Å². The molecule has 0 unspecified atom stereocenters. The summed E-state index contributed by atoms with van der Waals surface area (Å²) in [6.45, 7) is 1.96. The van der Waals surface area contributed by atoms with Gasteiger partial charge in [0.15, 0.2) is 6.10 Å². The standard InChI is InChI=1S/C17H15N3O4/c1-2-15(23-14-6-4-3-5-7-14)17-18-16(19-24-17)12-8-10-13(11-9-12)20(21)22/h3-11,15H,2H2,1H3/t15-/m0/s1. The second-order valence-corrected chi connectivity index (χ2v) is 5.09. The van der Waals surface area contributed by atoms with Gasteiger partial charge in [-0.15, -0.1) is 0 Å². The van der Waals surface area contributed by atoms with Gasteiger partial charge in [0.25, 0.3) is 11.6 Å². The Morgan fingerprint density at radius 1 is 1.17 bits per heavy atom. The van der Waals surface area contributed by atoms with Crippen LogP contribution in [0.1, 0.15) is 25.3 Å². The summed E-state index contributed by atoms with van der Waals surface area (Å²) in [5.41, 5.74) is 0.659. The molecule has 0 amide bonds. The van der Waals surface area contributed by atoms with Crippen LogP contribution in [0.2, 0.25) is 0 Å². The zero-order valence-corrected chi connectivity index (χ0v) is 13.0. The smallest absolute Gasteiger partial charge is 0.269 e. The quantitative estimate of drug-likeness (QED) is 0.499. The predicted octanol–water partition coefficient (Wildman–Crippen LogP) is 4.17. The molecule has 24 heavy (non-hydrogen) atoms. The molecule has 1 atom stereocenters. The first-order chi connectivity index (χ1) is 11.7. The van der Waals surface area contributed by atoms with Crippen molar-refractivity contribution in [3.05, 3.63) is 70.6 Å². The lowest BCUT2D eigenvalue weighted by Crippen LogP contribution is -2.06. The number of nitro groups is 1. The van der Waals surface area contributed by atoms with Crippen LogP contribution >= 0.6 is 0 Å². The van der Waals surface area contributed by atoms with Crippen LogP contribution in [0.15, 0.2) is 59.1 Å². The van der Waals surface area contributed by atoms with Crippen LogP contribution in [0.4, 0.5) is 5.69 Å². The Kier molecular flexibility index (Phi) is 4.51. The highest BCUT2D eigenvalue weighted by molar-refractivity contribution is 5.56. The molecule has 0 aliphatic rings. The van der Waals surface area contributed by atoms with Crippen molar-refractivity contribution >= 4 is 5.69 Å². The fraction of sp³-hybridized carbons (Fsp3) is 0.176. The minimum Gasteiger partial charge on any atom is -0.481 e. The Morgan fingerprint density at radius 2 is 1.88 bits per heavy atom. The fourth-order valence-electron chi connectivity index (χ4n) is 2.19. The maximum atomic E-state index is 10.7. The van der Waals surface area contributed by atoms with Gasteiger partial charge in [0.2, 0.25) is 5.82 Å². The summed E-state index contributed by atoms with van der Waals surface area (Å²) >= 11 is 0. The van der Waals surface area contributed by atoms with Crippen molar-refractivity contribution in [2.75, 3.05) is 0 Å². The summed E-state index contributed by atoms with van der Waals surface area (Å²) in [6, 6.07) is 15.4. The molecule has 2 aromatic carbocycles. The lowest BCUT2D eigenvalue weighted by atomic mass is 10.2. The van der Waals surface area contributed by atoms with Gasteiger partial charge in [-0.05, 0) is 30.7 Å². The van der Waals surface area contributed by atoms with Gasteiger partial charge in [-0.2, -0.15) is 4.98 Å². The van der Waals surface area contributed by atoms with E-state index in [0.29, 0.717) is 23.7 Å². The highest BCUT2D eigenvalue weighted by Gasteiger charge is 2.20. The van der Waals surface area contributed by atoms with Crippen molar-refractivity contribution in [3.63, 3.8) is 0 Å². The molecule has 0 N–H and O–H groups in total. The number of aromatic nitrogens is 2. The van der Waals surface area contributed by atoms with Crippen molar-refractivity contribution in [1.29, 1.82) is 0 Å². The fourth-order valence-corrected chi connectivity index (χ4v) is 2.19. The minimum atomic E-state index is -0.452. The number of non-ortho nitro benzene ring substituents is 1. The summed E-state index contributed by atoms with van der Waals surface area (Å²) < 4.78 is 11.2. The van der Waals surface area contributed by atoms with Crippen LogP contribution in [0.5, 0.6) is 5.75 Å². The average molecular weight is 325 g/mol. The van der Waals surface area contributed by atoms with Gasteiger partial charge >= 0.3 is 0 Å². The SMILES string of the molecule is CC[C@H](Oc1ccccc1)c1nc(-c2ccc([N+](=O)[O-])cc2)no1. The highest BCUT2D eigenvalue weighted by Crippen LogP contribution is 2.26. The minimum absolute atomic E-state index is 0.0151. The highest BCUT2D eigenvalue weighted by atomic mass is 16.6. The summed E-state index contributed by atoms with van der Waals surface area (Å²) in [6.07, 6.45) is 0.309. The number of nitro benzene ring substituents is 1. The maximum Gasteiger partial charge on any atom is 0.269 e. The van der Waals surface area contributed by atoms with Crippen molar-refractivity contribution < 1.29 is 14.2 Å². The molecule has 1 aromatic heterocycles. The first kappa shape index (κ1) is 15.7. The molecule has 0 fully saturated rings. The molecule has 7 nitrogen and oxygen atoms in total. The number of hydrogen-bond acceptors (Lipinski definition) is 6. The summed E-state index contributed by atoms with van der Waals surface area (Å²) in [4.78, 5) is 14.6. The molecule has 0 spiro atoms. The molecule has 0 saturated heterocycles. The zero-order chi connectivity index (χ0) is 16.9. The van der Waals surface area contributed by atoms with Crippen LogP contribution in [0, 0.1) is 10.1 Å². The Labute approximate surface area is 138 Å². The summed E-state index contributed by atoms with van der Waals surface area (Å²) in [7, 11) is 0. The van der Waals surface area contributed by atoms with Crippen LogP contribution in [0.25, 0.3) is 11.4 Å². The van der Waals surface area contributed by atoms with E-state index in [9.17, 15) is 10.1 Å². The van der Waals surface area contributed by atoms with Crippen molar-refractivity contribution in [2.45, 2.75) is 19.4 Å². The second-order valence-electron chi connectivity index (χ2n) is 5.09. The van der Waals surface area contributed by atoms with Gasteiger partial charge in [-0.1, -0.05) is 30.3 Å². The van der Waals surface area contributed by atoms with E-state index in [1.807, 2.05) is 37.3 Å². The normalized spacial score (nSPS) is 11.9. The van der Waals surface area contributed by atoms with E-state index in [0.717, 1.165) is 5.75 Å². The lowest BCUT2D eigenvalue weighted by Gasteiger charge is -2.13. The third kappa shape index (κ3) is 3.40. The largest absolute Gasteiger partial charge is 0.481 e.